The summed E-state index contributed by atoms with van der Waals surface area (Å²) in [6, 6.07) is 0. The number of ether oxygens (including phenoxy) is 2. The van der Waals surface area contributed by atoms with Crippen molar-refractivity contribution in [3.05, 3.63) is 0 Å². The van der Waals surface area contributed by atoms with Gasteiger partial charge in [0.05, 0.1) is 32.0 Å². The van der Waals surface area contributed by atoms with Crippen LogP contribution in [0, 0.1) is 0 Å². The highest BCUT2D eigenvalue weighted by atomic mass is 16.5. The highest BCUT2D eigenvalue weighted by Gasteiger charge is 2.29. The van der Waals surface area contributed by atoms with E-state index < -0.39 is 11.4 Å². The van der Waals surface area contributed by atoms with Gasteiger partial charge < -0.3 is 20.9 Å². The Bertz CT molecular complexity index is 164. The molecule has 0 aromatic heterocycles. The van der Waals surface area contributed by atoms with E-state index in [2.05, 4.69) is 0 Å². The van der Waals surface area contributed by atoms with E-state index in [1.807, 2.05) is 0 Å². The molecular weight excluding hydrogens is 160 g/mol. The van der Waals surface area contributed by atoms with Crippen LogP contribution in [0.15, 0.2) is 0 Å². The van der Waals surface area contributed by atoms with Crippen molar-refractivity contribution in [1.82, 2.24) is 0 Å². The van der Waals surface area contributed by atoms with Crippen LogP contribution in [0.4, 0.5) is 0 Å². The topological polar surface area (TPSA) is 87.6 Å². The van der Waals surface area contributed by atoms with Crippen LogP contribution in [0.25, 0.3) is 0 Å². The second-order valence-corrected chi connectivity index (χ2v) is 3.11. The van der Waals surface area contributed by atoms with E-state index in [0.29, 0.717) is 26.4 Å². The third kappa shape index (κ3) is 2.77. The molecule has 1 rings (SSSR count). The van der Waals surface area contributed by atoms with Gasteiger partial charge in [-0.2, -0.15) is 0 Å². The summed E-state index contributed by atoms with van der Waals surface area (Å²) >= 11 is 0. The van der Waals surface area contributed by atoms with Gasteiger partial charge in [0.15, 0.2) is 0 Å². The van der Waals surface area contributed by atoms with Gasteiger partial charge >= 0.3 is 0 Å². The Balaban J connectivity index is 2.48. The van der Waals surface area contributed by atoms with E-state index in [1.165, 1.54) is 0 Å². The molecule has 0 aromatic carbocycles. The molecule has 1 aliphatic heterocycles. The first-order valence-corrected chi connectivity index (χ1v) is 3.85. The molecule has 0 radical (unpaired) electrons. The smallest absolute Gasteiger partial charge is 0.219 e. The third-order valence-corrected chi connectivity index (χ3v) is 1.68. The van der Waals surface area contributed by atoms with Crippen LogP contribution in [0.1, 0.15) is 6.42 Å². The second kappa shape index (κ2) is 3.84. The van der Waals surface area contributed by atoms with Crippen LogP contribution in [0.2, 0.25) is 0 Å². The van der Waals surface area contributed by atoms with Crippen molar-refractivity contribution in [3.8, 4) is 0 Å². The van der Waals surface area contributed by atoms with Crippen molar-refractivity contribution in [1.29, 1.82) is 0 Å². The van der Waals surface area contributed by atoms with E-state index in [1.54, 1.807) is 0 Å². The number of carbonyl (C=O) groups is 1. The zero-order chi connectivity index (χ0) is 9.03. The normalized spacial score (nSPS) is 23.1. The lowest BCUT2D eigenvalue weighted by atomic mass is 9.99. The summed E-state index contributed by atoms with van der Waals surface area (Å²) in [4.78, 5) is 10.6. The standard InChI is InChI=1S/C7H14N2O3/c8-6(10)3-7(9)4-11-1-2-12-5-7/h1-5,9H2,(H2,8,10). The fourth-order valence-electron chi connectivity index (χ4n) is 1.16. The van der Waals surface area contributed by atoms with Gasteiger partial charge in [-0.25, -0.2) is 0 Å². The van der Waals surface area contributed by atoms with Crippen molar-refractivity contribution in [3.63, 3.8) is 0 Å². The molecule has 1 saturated heterocycles. The third-order valence-electron chi connectivity index (χ3n) is 1.68. The molecule has 0 atom stereocenters. The van der Waals surface area contributed by atoms with Crippen molar-refractivity contribution in [2.24, 2.45) is 11.5 Å². The highest BCUT2D eigenvalue weighted by Crippen LogP contribution is 2.10. The van der Waals surface area contributed by atoms with Crippen LogP contribution in [0.5, 0.6) is 0 Å². The van der Waals surface area contributed by atoms with E-state index in [9.17, 15) is 4.79 Å². The predicted molar refractivity (Wildman–Crippen MR) is 42.4 cm³/mol. The van der Waals surface area contributed by atoms with Gasteiger partial charge in [0.25, 0.3) is 0 Å². The fraction of sp³-hybridized carbons (Fsp3) is 0.857. The molecule has 1 aliphatic rings. The Morgan fingerprint density at radius 3 is 2.25 bits per heavy atom. The number of nitrogens with two attached hydrogens (primary N) is 2. The lowest BCUT2D eigenvalue weighted by Crippen LogP contribution is -2.50. The molecule has 1 amide bonds. The van der Waals surface area contributed by atoms with Crippen LogP contribution < -0.4 is 11.5 Å². The fourth-order valence-corrected chi connectivity index (χ4v) is 1.16. The van der Waals surface area contributed by atoms with E-state index in [0.717, 1.165) is 0 Å². The van der Waals surface area contributed by atoms with E-state index >= 15 is 0 Å². The van der Waals surface area contributed by atoms with Crippen molar-refractivity contribution < 1.29 is 14.3 Å². The molecule has 1 heterocycles. The summed E-state index contributed by atoms with van der Waals surface area (Å²) in [5.74, 6) is -0.424. The maximum absolute atomic E-state index is 10.6. The number of rotatable bonds is 2. The highest BCUT2D eigenvalue weighted by molar-refractivity contribution is 5.75. The first-order valence-electron chi connectivity index (χ1n) is 3.85. The minimum atomic E-state index is -0.734. The van der Waals surface area contributed by atoms with E-state index in [4.69, 9.17) is 20.9 Å². The molecule has 0 aliphatic carbocycles. The molecule has 0 aromatic rings. The van der Waals surface area contributed by atoms with Crippen LogP contribution in [-0.4, -0.2) is 37.9 Å². The quantitative estimate of drug-likeness (QED) is 0.539. The van der Waals surface area contributed by atoms with Crippen LogP contribution in [-0.2, 0) is 14.3 Å². The molecule has 0 spiro atoms. The van der Waals surface area contributed by atoms with E-state index in [-0.39, 0.29) is 6.42 Å². The Morgan fingerprint density at radius 1 is 1.33 bits per heavy atom. The summed E-state index contributed by atoms with van der Waals surface area (Å²) in [5, 5.41) is 0. The minimum absolute atomic E-state index is 0.104. The predicted octanol–water partition coefficient (Wildman–Crippen LogP) is -1.39. The largest absolute Gasteiger partial charge is 0.377 e. The number of hydrogen-bond donors (Lipinski definition) is 2. The molecule has 5 heteroatoms. The van der Waals surface area contributed by atoms with Gasteiger partial charge in [-0.05, 0) is 0 Å². The number of carbonyl (C=O) groups excluding carboxylic acids is 1. The summed E-state index contributed by atoms with van der Waals surface area (Å²) in [7, 11) is 0. The summed E-state index contributed by atoms with van der Waals surface area (Å²) in [6.45, 7) is 1.71. The van der Waals surface area contributed by atoms with Gasteiger partial charge in [0.2, 0.25) is 5.91 Å². The maximum Gasteiger partial charge on any atom is 0.219 e. The van der Waals surface area contributed by atoms with Gasteiger partial charge in [-0.3, -0.25) is 4.79 Å². The molecule has 1 fully saturated rings. The molecule has 70 valence electrons. The van der Waals surface area contributed by atoms with Crippen LogP contribution >= 0.6 is 0 Å². The van der Waals surface area contributed by atoms with Gasteiger partial charge in [0.1, 0.15) is 0 Å². The Labute approximate surface area is 71.0 Å². The number of primary amides is 1. The molecule has 0 saturated carbocycles. The van der Waals surface area contributed by atoms with Crippen molar-refractivity contribution in [2.75, 3.05) is 26.4 Å². The SMILES string of the molecule is NC(=O)CC1(N)COCCOC1. The maximum atomic E-state index is 10.6. The zero-order valence-electron chi connectivity index (χ0n) is 6.91. The lowest BCUT2D eigenvalue weighted by molar-refractivity contribution is -0.120. The summed E-state index contributed by atoms with van der Waals surface area (Å²) < 4.78 is 10.3. The molecular formula is C7H14N2O3. The van der Waals surface area contributed by atoms with Gasteiger partial charge in [-0.15, -0.1) is 0 Å². The average Bonchev–Trinajstić information content (AvgIpc) is 2.12. The van der Waals surface area contributed by atoms with Crippen LogP contribution in [0.3, 0.4) is 0 Å². The summed E-state index contributed by atoms with van der Waals surface area (Å²) in [5.41, 5.74) is 10.1. The lowest BCUT2D eigenvalue weighted by Gasteiger charge is -2.24. The average molecular weight is 174 g/mol. The molecule has 12 heavy (non-hydrogen) atoms. The molecule has 0 unspecified atom stereocenters. The number of hydrogen-bond acceptors (Lipinski definition) is 4. The Kier molecular flexibility index (Phi) is 3.02. The molecule has 0 bridgehead atoms. The summed E-state index contributed by atoms with van der Waals surface area (Å²) in [6.07, 6.45) is 0.104. The minimum Gasteiger partial charge on any atom is -0.377 e. The van der Waals surface area contributed by atoms with Gasteiger partial charge in [0, 0.05) is 6.42 Å². The number of amides is 1. The first-order chi connectivity index (χ1) is 5.62. The second-order valence-electron chi connectivity index (χ2n) is 3.11. The monoisotopic (exact) mass is 174 g/mol. The first kappa shape index (κ1) is 9.44. The van der Waals surface area contributed by atoms with Gasteiger partial charge in [-0.1, -0.05) is 0 Å². The Morgan fingerprint density at radius 2 is 1.83 bits per heavy atom. The zero-order valence-corrected chi connectivity index (χ0v) is 6.91. The molecule has 5 nitrogen and oxygen atoms in total. The van der Waals surface area contributed by atoms with Crippen molar-refractivity contribution in [2.45, 2.75) is 12.0 Å². The van der Waals surface area contributed by atoms with Crippen molar-refractivity contribution >= 4 is 5.91 Å². The Hall–Kier alpha value is -0.650. The molecule has 4 N–H and O–H groups in total.